The summed E-state index contributed by atoms with van der Waals surface area (Å²) in [5, 5.41) is 7.60. The van der Waals surface area contributed by atoms with Crippen molar-refractivity contribution in [3.63, 3.8) is 0 Å². The van der Waals surface area contributed by atoms with Crippen LogP contribution in [0.5, 0.6) is 0 Å². The largest absolute Gasteiger partial charge is 0.478 e. The summed E-state index contributed by atoms with van der Waals surface area (Å²) >= 11 is 9.69. The summed E-state index contributed by atoms with van der Waals surface area (Å²) in [6.45, 7) is 15.5. The Balaban J connectivity index is -0.000000286. The zero-order valence-electron chi connectivity index (χ0n) is 15.0. The van der Waals surface area contributed by atoms with Gasteiger partial charge in [0, 0.05) is 12.2 Å². The van der Waals surface area contributed by atoms with Gasteiger partial charge in [0.05, 0.1) is 11.1 Å². The molecule has 4 nitrogen and oxygen atoms in total. The fourth-order valence-corrected chi connectivity index (χ4v) is 0.965. The van der Waals surface area contributed by atoms with E-state index in [0.717, 1.165) is 18.9 Å². The molecular formula is C20H26Cl2O4. The first-order valence-corrected chi connectivity index (χ1v) is 8.32. The van der Waals surface area contributed by atoms with E-state index in [0.29, 0.717) is 6.61 Å². The Labute approximate surface area is 166 Å². The van der Waals surface area contributed by atoms with Gasteiger partial charge in [-0.1, -0.05) is 99.3 Å². The van der Waals surface area contributed by atoms with Crippen LogP contribution in [0.2, 0.25) is 0 Å². The Hall–Kier alpha value is -2.30. The summed E-state index contributed by atoms with van der Waals surface area (Å²) in [4.78, 5) is 19.6. The second-order valence-corrected chi connectivity index (χ2v) is 5.33. The third-order valence-electron chi connectivity index (χ3n) is 2.12. The molecule has 0 aliphatic heterocycles. The molecule has 0 saturated heterocycles. The summed E-state index contributed by atoms with van der Waals surface area (Å²) in [5.41, 5.74) is 1.17. The van der Waals surface area contributed by atoms with E-state index in [9.17, 15) is 9.59 Å². The first kappa shape index (κ1) is 28.5. The van der Waals surface area contributed by atoms with Gasteiger partial charge in [-0.05, 0) is 12.0 Å². The maximum Gasteiger partial charge on any atom is 0.330 e. The molecule has 1 aromatic rings. The third kappa shape index (κ3) is 33.3. The number of hydrogen-bond acceptors (Lipinski definition) is 3. The van der Waals surface area contributed by atoms with E-state index in [-0.39, 0.29) is 10.5 Å². The number of unbranched alkanes of at least 4 members (excludes halogenated alkanes) is 1. The Bertz CT molecular complexity index is 536. The number of carboxylic acids is 1. The number of esters is 1. The molecule has 0 aliphatic carbocycles. The zero-order valence-corrected chi connectivity index (χ0v) is 16.5. The summed E-state index contributed by atoms with van der Waals surface area (Å²) in [7, 11) is 0. The van der Waals surface area contributed by atoms with Gasteiger partial charge >= 0.3 is 11.9 Å². The molecule has 0 saturated carbocycles. The number of carboxylic acid groups (broad SMARTS) is 1. The molecule has 0 atom stereocenters. The molecule has 0 radical (unpaired) electrons. The van der Waals surface area contributed by atoms with Crippen LogP contribution in [0, 0.1) is 0 Å². The van der Waals surface area contributed by atoms with Crippen molar-refractivity contribution in [1.29, 1.82) is 0 Å². The van der Waals surface area contributed by atoms with E-state index in [1.165, 1.54) is 11.6 Å². The van der Waals surface area contributed by atoms with E-state index >= 15 is 0 Å². The van der Waals surface area contributed by atoms with Crippen LogP contribution in [0.1, 0.15) is 25.3 Å². The number of carbonyl (C=O) groups is 2. The van der Waals surface area contributed by atoms with Crippen LogP contribution in [0.4, 0.5) is 0 Å². The molecule has 1 aromatic carbocycles. The number of rotatable bonds is 6. The molecule has 0 unspecified atom stereocenters. The van der Waals surface area contributed by atoms with Crippen molar-refractivity contribution in [2.24, 2.45) is 0 Å². The van der Waals surface area contributed by atoms with Crippen LogP contribution in [-0.4, -0.2) is 23.7 Å². The number of hydrogen-bond donors (Lipinski definition) is 1. The van der Waals surface area contributed by atoms with Gasteiger partial charge in [-0.2, -0.15) is 0 Å². The quantitative estimate of drug-likeness (QED) is 0.359. The highest BCUT2D eigenvalue weighted by Gasteiger charge is 1.91. The SMILES string of the molecule is C=C(Cl)Cl.C=CC(=O)O.C=CC(=O)OCCCC.C=Cc1ccccc1. The van der Waals surface area contributed by atoms with Gasteiger partial charge < -0.3 is 9.84 Å². The lowest BCUT2D eigenvalue weighted by Crippen LogP contribution is -2.00. The van der Waals surface area contributed by atoms with E-state index < -0.39 is 5.97 Å². The summed E-state index contributed by atoms with van der Waals surface area (Å²) < 4.78 is 4.79. The van der Waals surface area contributed by atoms with Crippen molar-refractivity contribution < 1.29 is 19.4 Å². The predicted octanol–water partition coefficient (Wildman–Crippen LogP) is 6.04. The van der Waals surface area contributed by atoms with Gasteiger partial charge in [-0.3, -0.25) is 0 Å². The number of ether oxygens (including phenoxy) is 1. The lowest BCUT2D eigenvalue weighted by Gasteiger charge is -1.97. The van der Waals surface area contributed by atoms with Gasteiger partial charge in [-0.15, -0.1) is 0 Å². The molecule has 1 N–H and O–H groups in total. The van der Waals surface area contributed by atoms with Gasteiger partial charge in [0.2, 0.25) is 0 Å². The fourth-order valence-electron chi connectivity index (χ4n) is 0.965. The molecule has 0 bridgehead atoms. The predicted molar refractivity (Wildman–Crippen MR) is 111 cm³/mol. The summed E-state index contributed by atoms with van der Waals surface area (Å²) in [5.74, 6) is -1.31. The Morgan fingerprint density at radius 1 is 1.12 bits per heavy atom. The molecule has 144 valence electrons. The molecular weight excluding hydrogens is 375 g/mol. The minimum atomic E-state index is -0.981. The Morgan fingerprint density at radius 3 is 1.85 bits per heavy atom. The minimum Gasteiger partial charge on any atom is -0.478 e. The zero-order chi connectivity index (χ0) is 20.8. The van der Waals surface area contributed by atoms with E-state index in [4.69, 9.17) is 28.3 Å². The number of benzene rings is 1. The van der Waals surface area contributed by atoms with E-state index in [1.54, 1.807) is 0 Å². The maximum atomic E-state index is 10.3. The topological polar surface area (TPSA) is 63.6 Å². The van der Waals surface area contributed by atoms with Crippen molar-refractivity contribution in [3.8, 4) is 0 Å². The van der Waals surface area contributed by atoms with Crippen molar-refractivity contribution in [1.82, 2.24) is 0 Å². The summed E-state index contributed by atoms with van der Waals surface area (Å²) in [6.07, 6.45) is 5.82. The number of aliphatic carboxylic acids is 1. The number of carbonyl (C=O) groups excluding carboxylic acids is 1. The highest BCUT2D eigenvalue weighted by molar-refractivity contribution is 6.55. The standard InChI is InChI=1S/C8H8.C7H12O2.C3H4O2.C2H2Cl2/c1-2-8-6-4-3-5-7-8;1-3-5-6-9-7(8)4-2;1-2-3(4)5;1-2(3)4/h2-7H,1H2;4H,2-3,5-6H2,1H3;2H,1H2,(H,4,5);1H2. The van der Waals surface area contributed by atoms with Crippen LogP contribution in [0.25, 0.3) is 6.08 Å². The maximum absolute atomic E-state index is 10.3. The lowest BCUT2D eigenvalue weighted by atomic mass is 10.2. The van der Waals surface area contributed by atoms with Crippen LogP contribution in [-0.2, 0) is 14.3 Å². The lowest BCUT2D eigenvalue weighted by molar-refractivity contribution is -0.137. The van der Waals surface area contributed by atoms with Gasteiger partial charge in [0.15, 0.2) is 0 Å². The number of halogens is 2. The highest BCUT2D eigenvalue weighted by atomic mass is 35.5. The first-order valence-electron chi connectivity index (χ1n) is 7.56. The van der Waals surface area contributed by atoms with E-state index in [2.05, 4.69) is 31.1 Å². The monoisotopic (exact) mass is 400 g/mol. The van der Waals surface area contributed by atoms with Crippen molar-refractivity contribution in [3.05, 3.63) is 78.9 Å². The second-order valence-electron chi connectivity index (χ2n) is 4.22. The molecule has 0 spiro atoms. The fraction of sp³-hybridized carbons (Fsp3) is 0.200. The first-order chi connectivity index (χ1) is 12.2. The Morgan fingerprint density at radius 2 is 1.58 bits per heavy atom. The van der Waals surface area contributed by atoms with Gasteiger partial charge in [-0.25, -0.2) is 9.59 Å². The van der Waals surface area contributed by atoms with Crippen molar-refractivity contribution >= 4 is 41.2 Å². The molecule has 6 heteroatoms. The van der Waals surface area contributed by atoms with Crippen molar-refractivity contribution in [2.45, 2.75) is 19.8 Å². The molecule has 1 rings (SSSR count). The van der Waals surface area contributed by atoms with E-state index in [1.807, 2.05) is 43.3 Å². The molecule has 26 heavy (non-hydrogen) atoms. The second kappa shape index (κ2) is 22.7. The molecule has 0 aromatic heterocycles. The van der Waals surface area contributed by atoms with Crippen LogP contribution in [0.3, 0.4) is 0 Å². The summed E-state index contributed by atoms with van der Waals surface area (Å²) in [6, 6.07) is 10.0. The Kier molecular flexibility index (Phi) is 24.9. The van der Waals surface area contributed by atoms with Crippen LogP contribution >= 0.6 is 23.2 Å². The van der Waals surface area contributed by atoms with Crippen molar-refractivity contribution in [2.75, 3.05) is 6.61 Å². The molecule has 0 fully saturated rings. The molecule has 0 heterocycles. The normalized spacial score (nSPS) is 7.81. The van der Waals surface area contributed by atoms with Crippen LogP contribution < -0.4 is 0 Å². The smallest absolute Gasteiger partial charge is 0.330 e. The van der Waals surface area contributed by atoms with Gasteiger partial charge in [0.25, 0.3) is 0 Å². The van der Waals surface area contributed by atoms with Gasteiger partial charge in [0.1, 0.15) is 0 Å². The van der Waals surface area contributed by atoms with Crippen LogP contribution in [0.15, 0.2) is 73.3 Å². The third-order valence-corrected chi connectivity index (χ3v) is 2.12. The minimum absolute atomic E-state index is 0.111. The molecule has 0 aliphatic rings. The highest BCUT2D eigenvalue weighted by Crippen LogP contribution is 1.98. The average molecular weight is 401 g/mol. The average Bonchev–Trinajstić information content (AvgIpc) is 2.63. The molecule has 0 amide bonds.